The third-order valence-electron chi connectivity index (χ3n) is 2.19. The Labute approximate surface area is 119 Å². The van der Waals surface area contributed by atoms with Gasteiger partial charge in [-0.25, -0.2) is 0 Å². The van der Waals surface area contributed by atoms with E-state index in [-0.39, 0.29) is 0 Å². The van der Waals surface area contributed by atoms with Crippen molar-refractivity contribution in [1.82, 2.24) is 0 Å². The fourth-order valence-corrected chi connectivity index (χ4v) is 1.37. The van der Waals surface area contributed by atoms with Crippen LogP contribution in [0.25, 0.3) is 0 Å². The molecule has 0 radical (unpaired) electrons. The molecule has 1 aliphatic rings. The molecule has 0 amide bonds. The number of nitrogens with zero attached hydrogens (tertiary/aromatic N) is 4. The third kappa shape index (κ3) is 7.25. The van der Waals surface area contributed by atoms with Gasteiger partial charge in [0.05, 0.1) is 52.9 Å². The minimum atomic E-state index is 0.600. The van der Waals surface area contributed by atoms with Gasteiger partial charge >= 0.3 is 0 Å². The number of hydrogen-bond acceptors (Lipinski definition) is 6. The highest BCUT2D eigenvalue weighted by Crippen LogP contribution is 1.92. The van der Waals surface area contributed by atoms with E-state index in [9.17, 15) is 0 Å². The molecule has 0 saturated carbocycles. The molecule has 0 aromatic heterocycles. The maximum absolute atomic E-state index is 4.97. The molecule has 0 spiro atoms. The second-order valence-corrected chi connectivity index (χ2v) is 3.85. The highest BCUT2D eigenvalue weighted by atomic mass is 16.5. The van der Waals surface area contributed by atoms with Crippen LogP contribution in [0.1, 0.15) is 0 Å². The normalized spacial score (nSPS) is 16.7. The van der Waals surface area contributed by atoms with Crippen LogP contribution in [0.3, 0.4) is 0 Å². The van der Waals surface area contributed by atoms with Gasteiger partial charge in [-0.15, -0.1) is 0 Å². The summed E-state index contributed by atoms with van der Waals surface area (Å²) >= 11 is 0. The van der Waals surface area contributed by atoms with Crippen molar-refractivity contribution in [2.24, 2.45) is 20.0 Å². The number of ether oxygens (including phenoxy) is 2. The van der Waals surface area contributed by atoms with Crippen LogP contribution in [0.2, 0.25) is 0 Å². The van der Waals surface area contributed by atoms with Crippen LogP contribution >= 0.6 is 0 Å². The van der Waals surface area contributed by atoms with Crippen LogP contribution in [0, 0.1) is 0 Å². The number of methoxy groups -OCH3 is 2. The molecule has 0 aromatic rings. The Morgan fingerprint density at radius 3 is 1.25 bits per heavy atom. The van der Waals surface area contributed by atoms with Crippen molar-refractivity contribution in [3.05, 3.63) is 23.7 Å². The zero-order chi connectivity index (χ0) is 14.5. The molecule has 20 heavy (non-hydrogen) atoms. The number of rotatable bonds is 2. The van der Waals surface area contributed by atoms with E-state index in [1.165, 1.54) is 0 Å². The SMILES string of the molecule is COC=C1C=NCCN=CC(=COC)C=NCCN=C1. The molecule has 0 saturated heterocycles. The van der Waals surface area contributed by atoms with Gasteiger partial charge in [0.15, 0.2) is 0 Å². The predicted molar refractivity (Wildman–Crippen MR) is 83.6 cm³/mol. The molecule has 1 heterocycles. The van der Waals surface area contributed by atoms with E-state index in [4.69, 9.17) is 9.47 Å². The Morgan fingerprint density at radius 2 is 1.00 bits per heavy atom. The Balaban J connectivity index is 2.74. The maximum Gasteiger partial charge on any atom is 0.0927 e. The summed E-state index contributed by atoms with van der Waals surface area (Å²) in [5.74, 6) is 0. The molecule has 1 aliphatic heterocycles. The van der Waals surface area contributed by atoms with Crippen LogP contribution < -0.4 is 0 Å². The van der Waals surface area contributed by atoms with Crippen molar-refractivity contribution in [3.63, 3.8) is 0 Å². The minimum absolute atomic E-state index is 0.600. The lowest BCUT2D eigenvalue weighted by molar-refractivity contribution is 0.337. The van der Waals surface area contributed by atoms with Gasteiger partial charge in [-0.2, -0.15) is 0 Å². The van der Waals surface area contributed by atoms with Crippen LogP contribution in [0.4, 0.5) is 0 Å². The van der Waals surface area contributed by atoms with E-state index in [0.717, 1.165) is 11.1 Å². The van der Waals surface area contributed by atoms with Gasteiger partial charge in [0.1, 0.15) is 0 Å². The van der Waals surface area contributed by atoms with Gasteiger partial charge in [0, 0.05) is 36.0 Å². The van der Waals surface area contributed by atoms with E-state index in [0.29, 0.717) is 26.2 Å². The lowest BCUT2D eigenvalue weighted by atomic mass is 10.3. The first-order valence-electron chi connectivity index (χ1n) is 6.32. The summed E-state index contributed by atoms with van der Waals surface area (Å²) in [6.07, 6.45) is 10.1. The lowest BCUT2D eigenvalue weighted by Crippen LogP contribution is -1.98. The van der Waals surface area contributed by atoms with Gasteiger partial charge in [-0.1, -0.05) is 0 Å². The number of hydrogen-bond donors (Lipinski definition) is 0. The Hall–Kier alpha value is -2.24. The molecule has 108 valence electrons. The summed E-state index contributed by atoms with van der Waals surface area (Å²) in [6, 6.07) is 0. The molecular weight excluding hydrogens is 256 g/mol. The van der Waals surface area contributed by atoms with Crippen LogP contribution in [-0.2, 0) is 9.47 Å². The smallest absolute Gasteiger partial charge is 0.0927 e. The monoisotopic (exact) mass is 276 g/mol. The molecule has 0 atom stereocenters. The first-order chi connectivity index (χ1) is 9.86. The topological polar surface area (TPSA) is 67.9 Å². The Kier molecular flexibility index (Phi) is 8.43. The summed E-state index contributed by atoms with van der Waals surface area (Å²) in [7, 11) is 3.19. The van der Waals surface area contributed by atoms with E-state index in [2.05, 4.69) is 20.0 Å². The summed E-state index contributed by atoms with van der Waals surface area (Å²) in [5.41, 5.74) is 1.63. The Bertz CT molecular complexity index is 374. The largest absolute Gasteiger partial charge is 0.504 e. The van der Waals surface area contributed by atoms with Crippen molar-refractivity contribution < 1.29 is 9.47 Å². The van der Waals surface area contributed by atoms with Crippen molar-refractivity contribution in [2.75, 3.05) is 40.4 Å². The zero-order valence-electron chi connectivity index (χ0n) is 11.9. The molecule has 1 rings (SSSR count). The average molecular weight is 276 g/mol. The second-order valence-electron chi connectivity index (χ2n) is 3.85. The molecule has 6 nitrogen and oxygen atoms in total. The van der Waals surface area contributed by atoms with Gasteiger partial charge in [-0.3, -0.25) is 20.0 Å². The van der Waals surface area contributed by atoms with E-state index < -0.39 is 0 Å². The number of aliphatic imine (C=N–C) groups is 4. The molecule has 6 heteroatoms. The summed E-state index contributed by atoms with van der Waals surface area (Å²) in [4.78, 5) is 17.1. The first-order valence-corrected chi connectivity index (χ1v) is 6.32. The van der Waals surface area contributed by atoms with E-state index in [1.54, 1.807) is 51.6 Å². The minimum Gasteiger partial charge on any atom is -0.504 e. The van der Waals surface area contributed by atoms with Crippen LogP contribution in [-0.4, -0.2) is 65.3 Å². The van der Waals surface area contributed by atoms with E-state index >= 15 is 0 Å². The van der Waals surface area contributed by atoms with Crippen LogP contribution in [0.5, 0.6) is 0 Å². The standard InChI is InChI=1S/C14H20N4O2/c1-19-11-13-7-15-3-5-17-9-14(12-20-2)10-18-6-4-16-8-13/h7-12H,3-6H2,1-2H3. The summed E-state index contributed by atoms with van der Waals surface area (Å²) < 4.78 is 9.93. The lowest BCUT2D eigenvalue weighted by Gasteiger charge is -1.97. The van der Waals surface area contributed by atoms with Gasteiger partial charge < -0.3 is 9.47 Å². The number of allylic oxidation sites excluding steroid dienone is 2. The molecule has 0 fully saturated rings. The predicted octanol–water partition coefficient (Wildman–Crippen LogP) is 1.34. The summed E-state index contributed by atoms with van der Waals surface area (Å²) in [5, 5.41) is 0. The Morgan fingerprint density at radius 1 is 0.700 bits per heavy atom. The molecular formula is C14H20N4O2. The molecule has 0 aromatic carbocycles. The van der Waals surface area contributed by atoms with Crippen molar-refractivity contribution in [3.8, 4) is 0 Å². The average Bonchev–Trinajstić information content (AvgIpc) is 2.45. The molecule has 0 unspecified atom stereocenters. The second kappa shape index (κ2) is 10.7. The van der Waals surface area contributed by atoms with Gasteiger partial charge in [0.2, 0.25) is 0 Å². The first kappa shape index (κ1) is 15.8. The molecule has 0 N–H and O–H groups in total. The maximum atomic E-state index is 4.97. The third-order valence-corrected chi connectivity index (χ3v) is 2.19. The highest BCUT2D eigenvalue weighted by Gasteiger charge is 1.91. The van der Waals surface area contributed by atoms with Crippen molar-refractivity contribution >= 4 is 24.9 Å². The van der Waals surface area contributed by atoms with Crippen molar-refractivity contribution in [2.45, 2.75) is 0 Å². The fraction of sp³-hybridized carbons (Fsp3) is 0.429. The summed E-state index contributed by atoms with van der Waals surface area (Å²) in [6.45, 7) is 2.40. The highest BCUT2D eigenvalue weighted by molar-refractivity contribution is 6.04. The molecule has 0 bridgehead atoms. The fourth-order valence-electron chi connectivity index (χ4n) is 1.37. The van der Waals surface area contributed by atoms with Gasteiger partial charge in [0.25, 0.3) is 0 Å². The van der Waals surface area contributed by atoms with Crippen LogP contribution in [0.15, 0.2) is 43.6 Å². The van der Waals surface area contributed by atoms with Gasteiger partial charge in [-0.05, 0) is 0 Å². The van der Waals surface area contributed by atoms with E-state index in [1.807, 2.05) is 0 Å². The quantitative estimate of drug-likeness (QED) is 0.714. The van der Waals surface area contributed by atoms with Crippen molar-refractivity contribution in [1.29, 1.82) is 0 Å². The molecule has 0 aliphatic carbocycles. The zero-order valence-corrected chi connectivity index (χ0v) is 11.9.